The molecule has 1 saturated heterocycles. The molecule has 1 fully saturated rings. The first-order valence-corrected chi connectivity index (χ1v) is 6.67. The van der Waals surface area contributed by atoms with Crippen LogP contribution in [0.25, 0.3) is 0 Å². The first-order chi connectivity index (χ1) is 10.2. The molecule has 9 heteroatoms. The van der Waals surface area contributed by atoms with Crippen molar-refractivity contribution in [3.63, 3.8) is 0 Å². The SMILES string of the molecule is Cc1cc(CN(C)C(=O)[C@H]2CC(=O)N(CC(F)(F)F)C2)no1. The van der Waals surface area contributed by atoms with Crippen molar-refractivity contribution in [3.05, 3.63) is 17.5 Å². The first-order valence-electron chi connectivity index (χ1n) is 6.67. The molecule has 6 nitrogen and oxygen atoms in total. The van der Waals surface area contributed by atoms with Crippen molar-refractivity contribution in [2.75, 3.05) is 20.1 Å². The van der Waals surface area contributed by atoms with Crippen LogP contribution in [-0.2, 0) is 16.1 Å². The van der Waals surface area contributed by atoms with Crippen molar-refractivity contribution in [1.82, 2.24) is 15.0 Å². The number of rotatable bonds is 4. The third kappa shape index (κ3) is 3.99. The summed E-state index contributed by atoms with van der Waals surface area (Å²) in [4.78, 5) is 25.8. The van der Waals surface area contributed by atoms with Gasteiger partial charge < -0.3 is 14.3 Å². The summed E-state index contributed by atoms with van der Waals surface area (Å²) in [6.45, 7) is 0.365. The molecule has 0 aliphatic carbocycles. The number of halogens is 3. The van der Waals surface area contributed by atoms with E-state index >= 15 is 0 Å². The Balaban J connectivity index is 1.94. The van der Waals surface area contributed by atoms with E-state index in [-0.39, 0.29) is 25.4 Å². The molecule has 2 rings (SSSR count). The average Bonchev–Trinajstić information content (AvgIpc) is 2.94. The van der Waals surface area contributed by atoms with Gasteiger partial charge in [0.1, 0.15) is 18.0 Å². The average molecular weight is 319 g/mol. The minimum absolute atomic E-state index is 0.181. The van der Waals surface area contributed by atoms with Gasteiger partial charge in [-0.2, -0.15) is 13.2 Å². The quantitative estimate of drug-likeness (QED) is 0.840. The van der Waals surface area contributed by atoms with Crippen LogP contribution < -0.4 is 0 Å². The van der Waals surface area contributed by atoms with Crippen LogP contribution in [0.15, 0.2) is 10.6 Å². The summed E-state index contributed by atoms with van der Waals surface area (Å²) >= 11 is 0. The normalized spacial score (nSPS) is 18.9. The van der Waals surface area contributed by atoms with Crippen LogP contribution in [-0.4, -0.2) is 53.1 Å². The fourth-order valence-electron chi connectivity index (χ4n) is 2.43. The number of aromatic nitrogens is 1. The maximum Gasteiger partial charge on any atom is 0.406 e. The zero-order valence-electron chi connectivity index (χ0n) is 12.2. The Hall–Kier alpha value is -2.06. The number of likely N-dealkylation sites (tertiary alicyclic amines) is 1. The van der Waals surface area contributed by atoms with E-state index in [0.717, 1.165) is 0 Å². The van der Waals surface area contributed by atoms with Crippen molar-refractivity contribution < 1.29 is 27.3 Å². The van der Waals surface area contributed by atoms with E-state index in [4.69, 9.17) is 4.52 Å². The fourth-order valence-corrected chi connectivity index (χ4v) is 2.43. The molecule has 22 heavy (non-hydrogen) atoms. The van der Waals surface area contributed by atoms with Gasteiger partial charge in [-0.1, -0.05) is 5.16 Å². The van der Waals surface area contributed by atoms with Crippen LogP contribution >= 0.6 is 0 Å². The summed E-state index contributed by atoms with van der Waals surface area (Å²) < 4.78 is 41.9. The smallest absolute Gasteiger partial charge is 0.361 e. The van der Waals surface area contributed by atoms with Gasteiger partial charge in [-0.15, -0.1) is 0 Å². The molecule has 1 atom stereocenters. The second kappa shape index (κ2) is 5.98. The van der Waals surface area contributed by atoms with Crippen molar-refractivity contribution in [2.45, 2.75) is 26.1 Å². The van der Waals surface area contributed by atoms with Gasteiger partial charge in [-0.25, -0.2) is 0 Å². The molecule has 1 aliphatic rings. The maximum atomic E-state index is 12.3. The van der Waals surface area contributed by atoms with E-state index in [0.29, 0.717) is 16.4 Å². The van der Waals surface area contributed by atoms with Gasteiger partial charge in [0.15, 0.2) is 0 Å². The zero-order valence-corrected chi connectivity index (χ0v) is 12.2. The largest absolute Gasteiger partial charge is 0.406 e. The van der Waals surface area contributed by atoms with Crippen molar-refractivity contribution >= 4 is 11.8 Å². The molecular formula is C13H16F3N3O3. The van der Waals surface area contributed by atoms with Crippen LogP contribution in [0.5, 0.6) is 0 Å². The first kappa shape index (κ1) is 16.3. The molecule has 0 aromatic carbocycles. The van der Waals surface area contributed by atoms with Crippen molar-refractivity contribution in [3.8, 4) is 0 Å². The van der Waals surface area contributed by atoms with Crippen molar-refractivity contribution in [2.24, 2.45) is 5.92 Å². The van der Waals surface area contributed by atoms with Gasteiger partial charge in [-0.05, 0) is 6.92 Å². The highest BCUT2D eigenvalue weighted by molar-refractivity contribution is 5.89. The van der Waals surface area contributed by atoms with Gasteiger partial charge in [0, 0.05) is 26.1 Å². The lowest BCUT2D eigenvalue weighted by atomic mass is 10.1. The molecule has 1 aliphatic heterocycles. The van der Waals surface area contributed by atoms with E-state index in [9.17, 15) is 22.8 Å². The van der Waals surface area contributed by atoms with Gasteiger partial charge in [0.05, 0.1) is 12.5 Å². The van der Waals surface area contributed by atoms with Crippen molar-refractivity contribution in [1.29, 1.82) is 0 Å². The topological polar surface area (TPSA) is 66.7 Å². The second-order valence-electron chi connectivity index (χ2n) is 5.41. The Kier molecular flexibility index (Phi) is 4.43. The number of hydrogen-bond acceptors (Lipinski definition) is 4. The van der Waals surface area contributed by atoms with Crippen LogP contribution in [0.3, 0.4) is 0 Å². The standard InChI is InChI=1S/C13H16F3N3O3/c1-8-3-10(17-22-8)6-18(2)12(21)9-4-11(20)19(5-9)7-13(14,15)16/h3,9H,4-7H2,1-2H3/t9-/m0/s1. The van der Waals surface area contributed by atoms with Gasteiger partial charge in [0.25, 0.3) is 0 Å². The van der Waals surface area contributed by atoms with Crippen LogP contribution in [0.2, 0.25) is 0 Å². The second-order valence-corrected chi connectivity index (χ2v) is 5.41. The number of carbonyl (C=O) groups excluding carboxylic acids is 2. The summed E-state index contributed by atoms with van der Waals surface area (Å²) in [5, 5.41) is 3.75. The highest BCUT2D eigenvalue weighted by Gasteiger charge is 2.41. The van der Waals surface area contributed by atoms with Crippen LogP contribution in [0.4, 0.5) is 13.2 Å². The Bertz CT molecular complexity index is 570. The lowest BCUT2D eigenvalue weighted by Gasteiger charge is -2.21. The zero-order chi connectivity index (χ0) is 16.5. The predicted octanol–water partition coefficient (Wildman–Crippen LogP) is 1.35. The van der Waals surface area contributed by atoms with Crippen LogP contribution in [0, 0.1) is 12.8 Å². The summed E-state index contributed by atoms with van der Waals surface area (Å²) in [5.41, 5.74) is 0.546. The summed E-state index contributed by atoms with van der Waals surface area (Å²) in [6.07, 6.45) is -4.66. The molecule has 1 aromatic heterocycles. The molecule has 0 saturated carbocycles. The van der Waals surface area contributed by atoms with Gasteiger partial charge >= 0.3 is 6.18 Å². The number of hydrogen-bond donors (Lipinski definition) is 0. The molecule has 2 heterocycles. The highest BCUT2D eigenvalue weighted by Crippen LogP contribution is 2.25. The lowest BCUT2D eigenvalue weighted by Crippen LogP contribution is -2.37. The molecule has 0 radical (unpaired) electrons. The highest BCUT2D eigenvalue weighted by atomic mass is 19.4. The Morgan fingerprint density at radius 3 is 2.77 bits per heavy atom. The molecule has 1 aromatic rings. The van der Waals surface area contributed by atoms with Gasteiger partial charge in [0.2, 0.25) is 11.8 Å². The monoisotopic (exact) mass is 319 g/mol. The Labute approximate surface area is 124 Å². The molecule has 0 bridgehead atoms. The number of alkyl halides is 3. The minimum Gasteiger partial charge on any atom is -0.361 e. The summed E-state index contributed by atoms with van der Waals surface area (Å²) in [7, 11) is 1.52. The Morgan fingerprint density at radius 1 is 1.55 bits per heavy atom. The summed E-state index contributed by atoms with van der Waals surface area (Å²) in [5.74, 6) is -1.18. The van der Waals surface area contributed by atoms with E-state index < -0.39 is 24.5 Å². The van der Waals surface area contributed by atoms with E-state index in [1.807, 2.05) is 0 Å². The number of amides is 2. The third-order valence-corrected chi connectivity index (χ3v) is 3.39. The number of nitrogens with zero attached hydrogens (tertiary/aromatic N) is 3. The Morgan fingerprint density at radius 2 is 2.23 bits per heavy atom. The molecule has 0 spiro atoms. The molecule has 0 unspecified atom stereocenters. The molecule has 122 valence electrons. The van der Waals surface area contributed by atoms with E-state index in [1.165, 1.54) is 11.9 Å². The predicted molar refractivity (Wildman–Crippen MR) is 68.5 cm³/mol. The third-order valence-electron chi connectivity index (χ3n) is 3.39. The number of aryl methyl sites for hydroxylation is 1. The molecule has 2 amide bonds. The number of carbonyl (C=O) groups is 2. The molecular weight excluding hydrogens is 303 g/mol. The van der Waals surface area contributed by atoms with Gasteiger partial charge in [-0.3, -0.25) is 9.59 Å². The lowest BCUT2D eigenvalue weighted by molar-refractivity contribution is -0.157. The maximum absolute atomic E-state index is 12.3. The fraction of sp³-hybridized carbons (Fsp3) is 0.615. The summed E-state index contributed by atoms with van der Waals surface area (Å²) in [6, 6.07) is 1.67. The van der Waals surface area contributed by atoms with Crippen LogP contribution in [0.1, 0.15) is 17.9 Å². The van der Waals surface area contributed by atoms with E-state index in [1.54, 1.807) is 13.0 Å². The van der Waals surface area contributed by atoms with E-state index in [2.05, 4.69) is 5.16 Å². The minimum atomic E-state index is -4.46. The molecule has 0 N–H and O–H groups in total.